The Kier molecular flexibility index (Phi) is 15.0. The van der Waals surface area contributed by atoms with Crippen molar-refractivity contribution in [2.24, 2.45) is 28.1 Å². The Bertz CT molecular complexity index is 1730. The van der Waals surface area contributed by atoms with Gasteiger partial charge in [-0.2, -0.15) is 0 Å². The van der Waals surface area contributed by atoms with Crippen molar-refractivity contribution in [3.63, 3.8) is 0 Å². The molecule has 2 saturated carbocycles. The van der Waals surface area contributed by atoms with E-state index < -0.39 is 96.7 Å². The van der Waals surface area contributed by atoms with Crippen molar-refractivity contribution >= 4 is 11.8 Å². The number of amides is 2. The topological polar surface area (TPSA) is 233 Å². The van der Waals surface area contributed by atoms with Crippen LogP contribution in [-0.2, 0) is 47.5 Å². The highest BCUT2D eigenvalue weighted by atomic mass is 16.7. The average molecular weight is 925 g/mol. The van der Waals surface area contributed by atoms with Gasteiger partial charge in [0.05, 0.1) is 54.9 Å². The van der Waals surface area contributed by atoms with Crippen LogP contribution in [0.3, 0.4) is 0 Å². The number of hydrogen-bond donors (Lipinski definition) is 7. The fraction of sp³-hybridized carbons (Fsp3) is 0.917. The summed E-state index contributed by atoms with van der Waals surface area (Å²) in [6, 6.07) is -2.02. The van der Waals surface area contributed by atoms with Gasteiger partial charge in [-0.1, -0.05) is 32.4 Å². The van der Waals surface area contributed by atoms with Gasteiger partial charge >= 0.3 is 0 Å². The lowest BCUT2D eigenvalue weighted by atomic mass is 9.50. The first-order valence-electron chi connectivity index (χ1n) is 24.0. The molecule has 6 fully saturated rings. The number of hydrogen-bond acceptors (Lipinski definition) is 15. The van der Waals surface area contributed by atoms with Crippen LogP contribution in [0.2, 0.25) is 0 Å². The largest absolute Gasteiger partial charge is 0.390 e. The van der Waals surface area contributed by atoms with E-state index in [9.17, 15) is 35.1 Å². The first-order valence-corrected chi connectivity index (χ1v) is 24.0. The van der Waals surface area contributed by atoms with E-state index in [4.69, 9.17) is 37.9 Å². The Hall–Kier alpha value is -1.84. The third-order valence-corrected chi connectivity index (χ3v) is 16.9. The second-order valence-corrected chi connectivity index (χ2v) is 22.3. The number of aliphatic hydroxyl groups excluding tert-OH is 5. The third-order valence-electron chi connectivity index (χ3n) is 16.9. The summed E-state index contributed by atoms with van der Waals surface area (Å²) >= 11 is 0. The van der Waals surface area contributed by atoms with Crippen LogP contribution in [0.1, 0.15) is 120 Å². The summed E-state index contributed by atoms with van der Waals surface area (Å²) in [5, 5.41) is 61.1. The summed E-state index contributed by atoms with van der Waals surface area (Å²) < 4.78 is 49.8. The van der Waals surface area contributed by atoms with Crippen LogP contribution in [0.5, 0.6) is 0 Å². The lowest BCUT2D eigenvalue weighted by Crippen LogP contribution is -2.67. The number of aliphatic hydroxyl groups is 5. The van der Waals surface area contributed by atoms with Gasteiger partial charge in [0.2, 0.25) is 11.8 Å². The van der Waals surface area contributed by atoms with Gasteiger partial charge in [0.25, 0.3) is 0 Å². The molecule has 0 unspecified atom stereocenters. The Morgan fingerprint density at radius 2 is 1.20 bits per heavy atom. The molecular formula is C48H80N2O15. The SMILES string of the molecule is COC[C@H]1O[C@H](OC(C)(C)[C@@H]2CC[C@@]3(C)C=C([C@H]4CC[C@@H]5[C@]4(C)C[C@@H](O)[C@@H]4O[C@H](C(C)(C)O[C@H]6O[C@H](COC)[C@@H](O)[C@H](O)[C@H]6NC(C)=O)CC[C@@]54C)CC[C@@H]3O2)[C@H](NC(C)=O)[C@@H](O)[C@@H]1O. The molecule has 0 aromatic heterocycles. The summed E-state index contributed by atoms with van der Waals surface area (Å²) in [5.74, 6) is -0.154. The van der Waals surface area contributed by atoms with Crippen molar-refractivity contribution in [3.05, 3.63) is 11.6 Å². The molecule has 7 rings (SSSR count). The van der Waals surface area contributed by atoms with Crippen molar-refractivity contribution in [1.29, 1.82) is 0 Å². The van der Waals surface area contributed by atoms with Crippen LogP contribution in [-0.4, -0.2) is 168 Å². The standard InChI is InChI=1S/C48H80N2O15/c1-24(51)49-35-39(56)37(54)29(22-58-10)60-42(35)64-44(3,4)32-16-18-46(7)20-26(12-15-34(46)62-32)27-13-14-31-47(8)19-17-33(63-41(47)28(53)21-48(27,31)9)45(5,6)65-43-36(50-25(2)52)40(57)38(55)30(61-43)23-59-11/h20,27-43,53-57H,12-19,21-23H2,1-11H3,(H,49,51)(H,50,52)/t27-,28-,29-,30-,31+,32+,33+,34+,35-,36-,37-,38-,39-,40-,41+,42-,43-,46+,47+,48-/m1/s1. The van der Waals surface area contributed by atoms with Gasteiger partial charge in [0, 0.05) is 33.5 Å². The fourth-order valence-electron chi connectivity index (χ4n) is 13.5. The number of carbonyl (C=O) groups excluding carboxylic acids is 2. The van der Waals surface area contributed by atoms with Gasteiger partial charge in [-0.25, -0.2) is 0 Å². The molecule has 0 aromatic rings. The second kappa shape index (κ2) is 19.2. The van der Waals surface area contributed by atoms with E-state index in [0.29, 0.717) is 31.1 Å². The molecule has 7 N–H and O–H groups in total. The van der Waals surface area contributed by atoms with Gasteiger partial charge in [0.15, 0.2) is 12.6 Å². The van der Waals surface area contributed by atoms with Crippen molar-refractivity contribution in [1.82, 2.24) is 10.6 Å². The summed E-state index contributed by atoms with van der Waals surface area (Å²) in [7, 11) is 2.97. The molecule has 17 nitrogen and oxygen atoms in total. The Balaban J connectivity index is 1.02. The highest BCUT2D eigenvalue weighted by Gasteiger charge is 2.65. The minimum atomic E-state index is -1.35. The quantitative estimate of drug-likeness (QED) is 0.132. The highest BCUT2D eigenvalue weighted by Crippen LogP contribution is 2.67. The summed E-state index contributed by atoms with van der Waals surface area (Å²) in [4.78, 5) is 24.3. The van der Waals surface area contributed by atoms with E-state index in [1.165, 1.54) is 33.6 Å². The van der Waals surface area contributed by atoms with Gasteiger partial charge < -0.3 is 74.1 Å². The second-order valence-electron chi connectivity index (χ2n) is 22.3. The molecule has 4 aliphatic heterocycles. The third kappa shape index (κ3) is 9.72. The first kappa shape index (κ1) is 51.0. The molecule has 0 radical (unpaired) electrons. The predicted octanol–water partition coefficient (Wildman–Crippen LogP) is 2.40. The number of carbonyl (C=O) groups is 2. The molecule has 2 amide bonds. The lowest BCUT2D eigenvalue weighted by Gasteiger charge is -2.61. The van der Waals surface area contributed by atoms with E-state index in [1.54, 1.807) is 0 Å². The van der Waals surface area contributed by atoms with Crippen LogP contribution < -0.4 is 10.6 Å². The van der Waals surface area contributed by atoms with E-state index in [2.05, 4.69) is 37.5 Å². The van der Waals surface area contributed by atoms with Crippen LogP contribution in [0.15, 0.2) is 11.6 Å². The predicted molar refractivity (Wildman–Crippen MR) is 235 cm³/mol. The maximum Gasteiger partial charge on any atom is 0.217 e. The molecule has 4 saturated heterocycles. The first-order chi connectivity index (χ1) is 30.4. The summed E-state index contributed by atoms with van der Waals surface area (Å²) in [5.41, 5.74) is -1.01. The Labute approximate surface area is 384 Å². The van der Waals surface area contributed by atoms with Crippen molar-refractivity contribution in [3.8, 4) is 0 Å². The normalized spacial score (nSPS) is 46.9. The number of methoxy groups -OCH3 is 2. The van der Waals surface area contributed by atoms with Crippen LogP contribution in [0.4, 0.5) is 0 Å². The molecule has 4 heterocycles. The molecule has 3 aliphatic carbocycles. The molecule has 17 heteroatoms. The molecule has 7 aliphatic rings. The maximum atomic E-state index is 12.2. The number of allylic oxidation sites excluding steroid dienone is 1. The Morgan fingerprint density at radius 3 is 1.71 bits per heavy atom. The van der Waals surface area contributed by atoms with E-state index in [-0.39, 0.29) is 47.6 Å². The minimum absolute atomic E-state index is 0.0227. The zero-order chi connectivity index (χ0) is 47.6. The van der Waals surface area contributed by atoms with E-state index in [0.717, 1.165) is 38.5 Å². The van der Waals surface area contributed by atoms with Gasteiger partial charge in [-0.3, -0.25) is 9.59 Å². The molecule has 20 atom stereocenters. The van der Waals surface area contributed by atoms with Crippen LogP contribution >= 0.6 is 0 Å². The van der Waals surface area contributed by atoms with Gasteiger partial charge in [-0.15, -0.1) is 0 Å². The molecular weight excluding hydrogens is 845 g/mol. The van der Waals surface area contributed by atoms with Crippen LogP contribution in [0, 0.1) is 28.1 Å². The average Bonchev–Trinajstić information content (AvgIpc) is 3.58. The molecule has 372 valence electrons. The van der Waals surface area contributed by atoms with Gasteiger partial charge in [-0.05, 0) is 108 Å². The number of rotatable bonds is 13. The molecule has 0 bridgehead atoms. The zero-order valence-corrected chi connectivity index (χ0v) is 40.5. The van der Waals surface area contributed by atoms with Crippen LogP contribution in [0.25, 0.3) is 0 Å². The lowest BCUT2D eigenvalue weighted by molar-refractivity contribution is -0.325. The van der Waals surface area contributed by atoms with Crippen molar-refractivity contribution in [2.45, 2.75) is 223 Å². The van der Waals surface area contributed by atoms with E-state index >= 15 is 0 Å². The minimum Gasteiger partial charge on any atom is -0.390 e. The van der Waals surface area contributed by atoms with Crippen molar-refractivity contribution in [2.75, 3.05) is 27.4 Å². The van der Waals surface area contributed by atoms with E-state index in [1.807, 2.05) is 27.7 Å². The summed E-state index contributed by atoms with van der Waals surface area (Å²) in [6.07, 6.45) is -1.01. The molecule has 65 heavy (non-hydrogen) atoms. The van der Waals surface area contributed by atoms with Gasteiger partial charge in [0.1, 0.15) is 48.7 Å². The van der Waals surface area contributed by atoms with Crippen molar-refractivity contribution < 1.29 is 73.0 Å². The monoisotopic (exact) mass is 925 g/mol. The highest BCUT2D eigenvalue weighted by molar-refractivity contribution is 5.73. The number of nitrogens with one attached hydrogen (secondary N) is 2. The molecule has 0 spiro atoms. The number of ether oxygens (including phenoxy) is 8. The zero-order valence-electron chi connectivity index (χ0n) is 40.5. The Morgan fingerprint density at radius 1 is 0.692 bits per heavy atom. The number of fused-ring (bicyclic) bond motifs is 4. The summed E-state index contributed by atoms with van der Waals surface area (Å²) in [6.45, 7) is 17.4. The maximum absolute atomic E-state index is 12.2. The smallest absolute Gasteiger partial charge is 0.217 e. The molecule has 0 aromatic carbocycles. The fourth-order valence-corrected chi connectivity index (χ4v) is 13.5.